The Hall–Kier alpha value is -0.660. The predicted octanol–water partition coefficient (Wildman–Crippen LogP) is 2.23. The fraction of sp³-hybridized carbons (Fsp3) is 0.714. The Morgan fingerprint density at radius 2 is 1.67 bits per heavy atom. The van der Waals surface area contributed by atoms with E-state index in [1.165, 1.54) is 13.8 Å². The van der Waals surface area contributed by atoms with Crippen molar-refractivity contribution in [3.63, 3.8) is 0 Å². The van der Waals surface area contributed by atoms with E-state index in [0.29, 0.717) is 0 Å². The lowest BCUT2D eigenvalue weighted by atomic mass is 10.2. The third kappa shape index (κ3) is 10.7. The summed E-state index contributed by atoms with van der Waals surface area (Å²) in [6.45, 7) is 6.47. The molecule has 5 nitrogen and oxygen atoms in total. The van der Waals surface area contributed by atoms with Gasteiger partial charge in [-0.05, 0) is 17.6 Å². The fourth-order valence-electron chi connectivity index (χ4n) is 1.42. The molecule has 0 aromatic rings. The van der Waals surface area contributed by atoms with Crippen molar-refractivity contribution in [2.45, 2.75) is 44.5 Å². The summed E-state index contributed by atoms with van der Waals surface area (Å²) in [5, 5.41) is 9.96. The molecule has 0 radical (unpaired) electrons. The standard InChI is InChI=1S/C14H24O5S2/c1-5-20-14(21-6-2)8-7-13(19-11(4)16)12(17)9-18-10(3)15/h7-8,12-14,17H,5-6,9H2,1-4H3/b8-7+/t12-,13+/m1/s1. The molecule has 1 N–H and O–H groups in total. The van der Waals surface area contributed by atoms with Crippen LogP contribution in [-0.2, 0) is 19.1 Å². The number of esters is 2. The summed E-state index contributed by atoms with van der Waals surface area (Å²) < 4.78 is 10.0. The minimum absolute atomic E-state index is 0.204. The van der Waals surface area contributed by atoms with Gasteiger partial charge in [-0.2, -0.15) is 0 Å². The van der Waals surface area contributed by atoms with Crippen molar-refractivity contribution < 1.29 is 24.2 Å². The number of ether oxygens (including phenoxy) is 2. The lowest BCUT2D eigenvalue weighted by Gasteiger charge is -2.20. The van der Waals surface area contributed by atoms with E-state index in [1.807, 2.05) is 6.08 Å². The van der Waals surface area contributed by atoms with Crippen LogP contribution < -0.4 is 0 Å². The van der Waals surface area contributed by atoms with E-state index in [1.54, 1.807) is 29.6 Å². The zero-order valence-corrected chi connectivity index (χ0v) is 14.5. The highest BCUT2D eigenvalue weighted by molar-refractivity contribution is 8.17. The van der Waals surface area contributed by atoms with E-state index in [4.69, 9.17) is 9.47 Å². The number of rotatable bonds is 10. The van der Waals surface area contributed by atoms with E-state index in [-0.39, 0.29) is 11.2 Å². The number of hydrogen-bond acceptors (Lipinski definition) is 7. The minimum Gasteiger partial charge on any atom is -0.463 e. The first-order chi connectivity index (χ1) is 9.90. The molecule has 0 aromatic carbocycles. The second-order valence-electron chi connectivity index (χ2n) is 4.11. The van der Waals surface area contributed by atoms with Gasteiger partial charge in [-0.25, -0.2) is 0 Å². The molecule has 0 saturated heterocycles. The third-order valence-electron chi connectivity index (χ3n) is 2.26. The van der Waals surface area contributed by atoms with Crippen molar-refractivity contribution in [1.82, 2.24) is 0 Å². The molecule has 0 saturated carbocycles. The van der Waals surface area contributed by atoms with Crippen molar-refractivity contribution in [3.8, 4) is 0 Å². The fourth-order valence-corrected chi connectivity index (χ4v) is 3.69. The average Bonchev–Trinajstić information content (AvgIpc) is 2.40. The van der Waals surface area contributed by atoms with E-state index < -0.39 is 24.1 Å². The Balaban J connectivity index is 4.71. The maximum atomic E-state index is 11.1. The van der Waals surface area contributed by atoms with Crippen molar-refractivity contribution in [1.29, 1.82) is 0 Å². The lowest BCUT2D eigenvalue weighted by molar-refractivity contribution is -0.154. The van der Waals surface area contributed by atoms with Crippen LogP contribution in [0, 0.1) is 0 Å². The second kappa shape index (κ2) is 11.9. The molecule has 0 aliphatic heterocycles. The SMILES string of the molecule is CCSC(/C=C/[C@H](OC(C)=O)[C@H](O)COC(C)=O)SCC. The van der Waals surface area contributed by atoms with Crippen molar-refractivity contribution in [3.05, 3.63) is 12.2 Å². The number of thioether (sulfide) groups is 2. The Kier molecular flexibility index (Phi) is 11.6. The zero-order valence-electron chi connectivity index (χ0n) is 12.9. The first kappa shape index (κ1) is 20.3. The predicted molar refractivity (Wildman–Crippen MR) is 87.4 cm³/mol. The Labute approximate surface area is 134 Å². The molecule has 0 aliphatic carbocycles. The molecule has 0 aromatic heterocycles. The van der Waals surface area contributed by atoms with Gasteiger partial charge in [0.1, 0.15) is 18.8 Å². The first-order valence-corrected chi connectivity index (χ1v) is 8.90. The topological polar surface area (TPSA) is 72.8 Å². The molecule has 0 bridgehead atoms. The normalized spacial score (nSPS) is 14.2. The monoisotopic (exact) mass is 336 g/mol. The summed E-state index contributed by atoms with van der Waals surface area (Å²) in [4.78, 5) is 21.9. The Bertz CT molecular complexity index is 340. The van der Waals surface area contributed by atoms with Gasteiger partial charge in [0.15, 0.2) is 0 Å². The van der Waals surface area contributed by atoms with E-state index in [2.05, 4.69) is 13.8 Å². The molecule has 0 amide bonds. The van der Waals surface area contributed by atoms with Gasteiger partial charge in [-0.1, -0.05) is 19.9 Å². The number of hydrogen-bond donors (Lipinski definition) is 1. The molecule has 0 unspecified atom stereocenters. The van der Waals surface area contributed by atoms with Gasteiger partial charge in [-0.15, -0.1) is 23.5 Å². The average molecular weight is 336 g/mol. The maximum absolute atomic E-state index is 11.1. The van der Waals surface area contributed by atoms with Gasteiger partial charge < -0.3 is 14.6 Å². The van der Waals surface area contributed by atoms with Gasteiger partial charge >= 0.3 is 11.9 Å². The molecule has 0 fully saturated rings. The molecule has 2 atom stereocenters. The highest BCUT2D eigenvalue weighted by Gasteiger charge is 2.21. The zero-order chi connectivity index (χ0) is 16.3. The van der Waals surface area contributed by atoms with Gasteiger partial charge in [0.05, 0.1) is 4.58 Å². The summed E-state index contributed by atoms with van der Waals surface area (Å²) in [6, 6.07) is 0. The van der Waals surface area contributed by atoms with Crippen LogP contribution in [0.25, 0.3) is 0 Å². The van der Waals surface area contributed by atoms with E-state index in [9.17, 15) is 14.7 Å². The van der Waals surface area contributed by atoms with Crippen LogP contribution in [0.2, 0.25) is 0 Å². The molecule has 122 valence electrons. The molecule has 0 rings (SSSR count). The minimum atomic E-state index is -1.08. The van der Waals surface area contributed by atoms with Gasteiger partial charge in [-0.3, -0.25) is 9.59 Å². The van der Waals surface area contributed by atoms with Crippen molar-refractivity contribution in [2.75, 3.05) is 18.1 Å². The maximum Gasteiger partial charge on any atom is 0.303 e. The highest BCUT2D eigenvalue weighted by atomic mass is 32.2. The Morgan fingerprint density at radius 3 is 2.10 bits per heavy atom. The largest absolute Gasteiger partial charge is 0.463 e. The number of aliphatic hydroxyl groups is 1. The van der Waals surface area contributed by atoms with E-state index >= 15 is 0 Å². The second-order valence-corrected chi connectivity index (χ2v) is 7.24. The quantitative estimate of drug-likeness (QED) is 0.372. The molecule has 21 heavy (non-hydrogen) atoms. The Morgan fingerprint density at radius 1 is 1.10 bits per heavy atom. The summed E-state index contributed by atoms with van der Waals surface area (Å²) in [7, 11) is 0. The van der Waals surface area contributed by atoms with Crippen LogP contribution in [0.15, 0.2) is 12.2 Å². The summed E-state index contributed by atoms with van der Waals surface area (Å²) in [6.07, 6.45) is 1.67. The lowest BCUT2D eigenvalue weighted by Crippen LogP contribution is -2.33. The highest BCUT2D eigenvalue weighted by Crippen LogP contribution is 2.25. The molecular weight excluding hydrogens is 312 g/mol. The van der Waals surface area contributed by atoms with Crippen LogP contribution in [-0.4, -0.2) is 51.9 Å². The van der Waals surface area contributed by atoms with Crippen LogP contribution in [0.5, 0.6) is 0 Å². The smallest absolute Gasteiger partial charge is 0.303 e. The molecule has 7 heteroatoms. The molecule has 0 aliphatic rings. The summed E-state index contributed by atoms with van der Waals surface area (Å²) in [5.41, 5.74) is 0. The van der Waals surface area contributed by atoms with E-state index in [0.717, 1.165) is 11.5 Å². The molecular formula is C14H24O5S2. The van der Waals surface area contributed by atoms with Crippen LogP contribution in [0.1, 0.15) is 27.7 Å². The molecule has 0 spiro atoms. The number of carbonyl (C=O) groups excluding carboxylic acids is 2. The summed E-state index contributed by atoms with van der Waals surface area (Å²) >= 11 is 3.52. The van der Waals surface area contributed by atoms with Crippen molar-refractivity contribution >= 4 is 35.5 Å². The third-order valence-corrected chi connectivity index (χ3v) is 4.71. The van der Waals surface area contributed by atoms with Gasteiger partial charge in [0, 0.05) is 13.8 Å². The summed E-state index contributed by atoms with van der Waals surface area (Å²) in [5.74, 6) is 0.960. The van der Waals surface area contributed by atoms with Crippen LogP contribution >= 0.6 is 23.5 Å². The van der Waals surface area contributed by atoms with Crippen LogP contribution in [0.4, 0.5) is 0 Å². The first-order valence-electron chi connectivity index (χ1n) is 6.80. The molecule has 0 heterocycles. The van der Waals surface area contributed by atoms with Crippen molar-refractivity contribution in [2.24, 2.45) is 0 Å². The number of carbonyl (C=O) groups is 2. The number of aliphatic hydroxyl groups excluding tert-OH is 1. The van der Waals surface area contributed by atoms with Gasteiger partial charge in [0.25, 0.3) is 0 Å². The van der Waals surface area contributed by atoms with Crippen LogP contribution in [0.3, 0.4) is 0 Å². The van der Waals surface area contributed by atoms with Gasteiger partial charge in [0.2, 0.25) is 0 Å².